The molecule has 1 rings (SSSR count). The Labute approximate surface area is 83.5 Å². The summed E-state index contributed by atoms with van der Waals surface area (Å²) in [6.45, 7) is 0.619. The zero-order valence-electron chi connectivity index (χ0n) is 7.18. The SMILES string of the molecule is Cl.NC(N)=NCCc1cccnc1. The van der Waals surface area contributed by atoms with Crippen LogP contribution in [0.15, 0.2) is 29.5 Å². The lowest BCUT2D eigenvalue weighted by Gasteiger charge is -1.96. The molecule has 0 atom stereocenters. The Morgan fingerprint density at radius 2 is 2.23 bits per heavy atom. The minimum absolute atomic E-state index is 0. The molecule has 5 heteroatoms. The summed E-state index contributed by atoms with van der Waals surface area (Å²) in [6, 6.07) is 3.89. The molecule has 1 heterocycles. The molecule has 0 spiro atoms. The summed E-state index contributed by atoms with van der Waals surface area (Å²) in [5.74, 6) is 0.138. The lowest BCUT2D eigenvalue weighted by molar-refractivity contribution is 0.953. The summed E-state index contributed by atoms with van der Waals surface area (Å²) in [6.07, 6.45) is 4.37. The summed E-state index contributed by atoms with van der Waals surface area (Å²) in [5.41, 5.74) is 11.5. The highest BCUT2D eigenvalue weighted by molar-refractivity contribution is 5.85. The third-order valence-corrected chi connectivity index (χ3v) is 1.42. The number of rotatable bonds is 3. The van der Waals surface area contributed by atoms with Crippen molar-refractivity contribution in [1.29, 1.82) is 0 Å². The van der Waals surface area contributed by atoms with Crippen LogP contribution in [0.4, 0.5) is 0 Å². The molecule has 1 aromatic rings. The summed E-state index contributed by atoms with van der Waals surface area (Å²) >= 11 is 0. The molecule has 0 unspecified atom stereocenters. The number of nitrogens with two attached hydrogens (primary N) is 2. The molecular weight excluding hydrogens is 188 g/mol. The molecule has 0 saturated carbocycles. The molecule has 1 aromatic heterocycles. The van der Waals surface area contributed by atoms with Crippen LogP contribution in [-0.4, -0.2) is 17.5 Å². The molecular formula is C8H13ClN4. The molecule has 0 aromatic carbocycles. The van der Waals surface area contributed by atoms with Crippen LogP contribution in [0.2, 0.25) is 0 Å². The Morgan fingerprint density at radius 1 is 1.46 bits per heavy atom. The minimum Gasteiger partial charge on any atom is -0.370 e. The number of guanidine groups is 1. The highest BCUT2D eigenvalue weighted by Crippen LogP contribution is 1.96. The number of aromatic nitrogens is 1. The van der Waals surface area contributed by atoms with Gasteiger partial charge < -0.3 is 11.5 Å². The Bertz CT molecular complexity index is 256. The average Bonchev–Trinajstić information content (AvgIpc) is 2.05. The molecule has 0 aliphatic carbocycles. The van der Waals surface area contributed by atoms with Gasteiger partial charge in [0.25, 0.3) is 0 Å². The van der Waals surface area contributed by atoms with E-state index in [4.69, 9.17) is 11.5 Å². The van der Waals surface area contributed by atoms with Gasteiger partial charge >= 0.3 is 0 Å². The molecule has 0 radical (unpaired) electrons. The largest absolute Gasteiger partial charge is 0.370 e. The summed E-state index contributed by atoms with van der Waals surface area (Å²) in [4.78, 5) is 7.84. The third kappa shape index (κ3) is 5.03. The Morgan fingerprint density at radius 3 is 2.77 bits per heavy atom. The first-order chi connectivity index (χ1) is 5.79. The van der Waals surface area contributed by atoms with E-state index < -0.39 is 0 Å². The molecule has 72 valence electrons. The number of hydrogen-bond donors (Lipinski definition) is 2. The zero-order valence-corrected chi connectivity index (χ0v) is 8.00. The first kappa shape index (κ1) is 11.7. The fourth-order valence-corrected chi connectivity index (χ4v) is 0.860. The number of halogens is 1. The van der Waals surface area contributed by atoms with E-state index in [0.717, 1.165) is 12.0 Å². The van der Waals surface area contributed by atoms with E-state index in [1.54, 1.807) is 6.20 Å². The van der Waals surface area contributed by atoms with Gasteiger partial charge in [-0.1, -0.05) is 6.07 Å². The Hall–Kier alpha value is -1.29. The summed E-state index contributed by atoms with van der Waals surface area (Å²) < 4.78 is 0. The summed E-state index contributed by atoms with van der Waals surface area (Å²) in [7, 11) is 0. The van der Waals surface area contributed by atoms with Crippen LogP contribution in [0.3, 0.4) is 0 Å². The van der Waals surface area contributed by atoms with E-state index >= 15 is 0 Å². The van der Waals surface area contributed by atoms with Gasteiger partial charge in [-0.25, -0.2) is 0 Å². The van der Waals surface area contributed by atoms with E-state index in [-0.39, 0.29) is 18.4 Å². The minimum atomic E-state index is 0. The van der Waals surface area contributed by atoms with Crippen LogP contribution >= 0.6 is 12.4 Å². The topological polar surface area (TPSA) is 77.3 Å². The highest BCUT2D eigenvalue weighted by atomic mass is 35.5. The quantitative estimate of drug-likeness (QED) is 0.545. The smallest absolute Gasteiger partial charge is 0.185 e. The lowest BCUT2D eigenvalue weighted by Crippen LogP contribution is -2.23. The predicted molar refractivity (Wildman–Crippen MR) is 55.9 cm³/mol. The third-order valence-electron chi connectivity index (χ3n) is 1.42. The van der Waals surface area contributed by atoms with E-state index in [1.165, 1.54) is 0 Å². The lowest BCUT2D eigenvalue weighted by atomic mass is 10.2. The number of nitrogens with zero attached hydrogens (tertiary/aromatic N) is 2. The second kappa shape index (κ2) is 6.25. The van der Waals surface area contributed by atoms with E-state index in [9.17, 15) is 0 Å². The Balaban J connectivity index is 0.00000144. The average molecular weight is 201 g/mol. The zero-order chi connectivity index (χ0) is 8.81. The Kier molecular flexibility index (Phi) is 5.63. The van der Waals surface area contributed by atoms with Crippen molar-refractivity contribution in [1.82, 2.24) is 4.98 Å². The molecule has 0 aliphatic heterocycles. The van der Waals surface area contributed by atoms with E-state index in [0.29, 0.717) is 6.54 Å². The second-order valence-electron chi connectivity index (χ2n) is 2.42. The van der Waals surface area contributed by atoms with Crippen LogP contribution in [-0.2, 0) is 6.42 Å². The standard InChI is InChI=1S/C8H12N4.ClH/c9-8(10)12-5-3-7-2-1-4-11-6-7;/h1-2,4,6H,3,5H2,(H4,9,10,12);1H. The van der Waals surface area contributed by atoms with Gasteiger partial charge in [0.1, 0.15) is 0 Å². The van der Waals surface area contributed by atoms with Crippen molar-refractivity contribution in [3.8, 4) is 0 Å². The first-order valence-electron chi connectivity index (χ1n) is 3.73. The fourth-order valence-electron chi connectivity index (χ4n) is 0.860. The van der Waals surface area contributed by atoms with Crippen molar-refractivity contribution in [2.24, 2.45) is 16.5 Å². The number of aliphatic imine (C=N–C) groups is 1. The van der Waals surface area contributed by atoms with E-state index in [2.05, 4.69) is 9.98 Å². The maximum Gasteiger partial charge on any atom is 0.185 e. The first-order valence-corrected chi connectivity index (χ1v) is 3.73. The maximum absolute atomic E-state index is 5.17. The van der Waals surface area contributed by atoms with Gasteiger partial charge in [0.05, 0.1) is 0 Å². The highest BCUT2D eigenvalue weighted by Gasteiger charge is 1.89. The van der Waals surface area contributed by atoms with Crippen molar-refractivity contribution in [2.45, 2.75) is 6.42 Å². The van der Waals surface area contributed by atoms with Crippen molar-refractivity contribution in [3.05, 3.63) is 30.1 Å². The van der Waals surface area contributed by atoms with Gasteiger partial charge in [0.15, 0.2) is 5.96 Å². The van der Waals surface area contributed by atoms with Crippen molar-refractivity contribution >= 4 is 18.4 Å². The van der Waals surface area contributed by atoms with Crippen LogP contribution in [0.5, 0.6) is 0 Å². The van der Waals surface area contributed by atoms with Gasteiger partial charge in [-0.05, 0) is 18.1 Å². The van der Waals surface area contributed by atoms with Crippen LogP contribution in [0.25, 0.3) is 0 Å². The second-order valence-corrected chi connectivity index (χ2v) is 2.42. The molecule has 0 fully saturated rings. The monoisotopic (exact) mass is 200 g/mol. The van der Waals surface area contributed by atoms with Gasteiger partial charge in [0, 0.05) is 18.9 Å². The maximum atomic E-state index is 5.17. The van der Waals surface area contributed by atoms with Gasteiger partial charge in [0.2, 0.25) is 0 Å². The summed E-state index contributed by atoms with van der Waals surface area (Å²) in [5, 5.41) is 0. The van der Waals surface area contributed by atoms with Crippen molar-refractivity contribution in [2.75, 3.05) is 6.54 Å². The van der Waals surface area contributed by atoms with Crippen LogP contribution in [0.1, 0.15) is 5.56 Å². The van der Waals surface area contributed by atoms with Gasteiger partial charge in [-0.3, -0.25) is 9.98 Å². The number of pyridine rings is 1. The van der Waals surface area contributed by atoms with Crippen LogP contribution < -0.4 is 11.5 Å². The van der Waals surface area contributed by atoms with Gasteiger partial charge in [-0.15, -0.1) is 12.4 Å². The molecule has 0 aliphatic rings. The number of hydrogen-bond acceptors (Lipinski definition) is 2. The van der Waals surface area contributed by atoms with Crippen molar-refractivity contribution < 1.29 is 0 Å². The normalized spacial score (nSPS) is 8.62. The van der Waals surface area contributed by atoms with Crippen LogP contribution in [0, 0.1) is 0 Å². The van der Waals surface area contributed by atoms with Crippen molar-refractivity contribution in [3.63, 3.8) is 0 Å². The molecule has 13 heavy (non-hydrogen) atoms. The predicted octanol–water partition coefficient (Wildman–Crippen LogP) is 0.319. The molecule has 0 amide bonds. The molecule has 4 nitrogen and oxygen atoms in total. The van der Waals surface area contributed by atoms with Gasteiger partial charge in [-0.2, -0.15) is 0 Å². The molecule has 4 N–H and O–H groups in total. The molecule has 0 saturated heterocycles. The molecule has 0 bridgehead atoms. The fraction of sp³-hybridized carbons (Fsp3) is 0.250. The van der Waals surface area contributed by atoms with E-state index in [1.807, 2.05) is 18.3 Å².